The summed E-state index contributed by atoms with van der Waals surface area (Å²) in [6.45, 7) is 0. The van der Waals surface area contributed by atoms with Crippen molar-refractivity contribution in [1.29, 1.82) is 0 Å². The molecule has 0 saturated carbocycles. The van der Waals surface area contributed by atoms with Gasteiger partial charge in [-0.05, 0) is 23.8 Å². The molecule has 0 unspecified atom stereocenters. The minimum absolute atomic E-state index is 0.101. The second-order valence-electron chi connectivity index (χ2n) is 3.65. The number of carbonyl (C=O) groups is 2. The molecule has 0 spiro atoms. The van der Waals surface area contributed by atoms with Gasteiger partial charge in [0.25, 0.3) is 0 Å². The second kappa shape index (κ2) is 3.46. The molecule has 0 fully saturated rings. The average molecular weight is 208 g/mol. The number of halogens is 1. The van der Waals surface area contributed by atoms with Gasteiger partial charge in [0.15, 0.2) is 5.78 Å². The number of carboxylic acid groups (broad SMARTS) is 1. The quantitative estimate of drug-likeness (QED) is 0.808. The summed E-state index contributed by atoms with van der Waals surface area (Å²) in [5, 5.41) is 8.65. The number of aliphatic carboxylic acids is 1. The Hall–Kier alpha value is -1.71. The number of ketones is 1. The maximum absolute atomic E-state index is 12.9. The summed E-state index contributed by atoms with van der Waals surface area (Å²) < 4.78 is 12.9. The fourth-order valence-electron chi connectivity index (χ4n) is 1.96. The van der Waals surface area contributed by atoms with E-state index >= 15 is 0 Å². The topological polar surface area (TPSA) is 54.4 Å². The van der Waals surface area contributed by atoms with Crippen LogP contribution in [0, 0.1) is 5.82 Å². The molecule has 0 heterocycles. The molecule has 1 aromatic carbocycles. The van der Waals surface area contributed by atoms with Crippen molar-refractivity contribution in [2.24, 2.45) is 0 Å². The van der Waals surface area contributed by atoms with Crippen LogP contribution in [0.1, 0.15) is 34.7 Å². The number of Topliss-reactive ketones (excluding diaryl/α,β-unsaturated/α-hetero) is 1. The monoisotopic (exact) mass is 208 g/mol. The molecular weight excluding hydrogens is 199 g/mol. The van der Waals surface area contributed by atoms with Crippen molar-refractivity contribution < 1.29 is 19.1 Å². The van der Waals surface area contributed by atoms with Crippen molar-refractivity contribution in [2.45, 2.75) is 18.8 Å². The van der Waals surface area contributed by atoms with Crippen LogP contribution in [0.3, 0.4) is 0 Å². The van der Waals surface area contributed by atoms with Crippen molar-refractivity contribution in [2.75, 3.05) is 0 Å². The van der Waals surface area contributed by atoms with Crippen molar-refractivity contribution >= 4 is 11.8 Å². The first-order valence-electron chi connectivity index (χ1n) is 4.62. The Labute approximate surface area is 85.5 Å². The first kappa shape index (κ1) is 9.83. The molecule has 15 heavy (non-hydrogen) atoms. The van der Waals surface area contributed by atoms with Gasteiger partial charge in [-0.25, -0.2) is 4.39 Å². The number of hydrogen-bond donors (Lipinski definition) is 1. The molecule has 0 saturated heterocycles. The number of fused-ring (bicyclic) bond motifs is 1. The SMILES string of the molecule is O=C(O)C[C@H]1CC(=O)c2ccc(F)cc21. The number of rotatable bonds is 2. The summed E-state index contributed by atoms with van der Waals surface area (Å²) in [4.78, 5) is 22.0. The molecule has 0 radical (unpaired) electrons. The van der Waals surface area contributed by atoms with Crippen LogP contribution in [0.15, 0.2) is 18.2 Å². The molecule has 0 amide bonds. The first-order valence-corrected chi connectivity index (χ1v) is 4.62. The molecule has 2 rings (SSSR count). The maximum Gasteiger partial charge on any atom is 0.303 e. The van der Waals surface area contributed by atoms with Gasteiger partial charge in [0.05, 0.1) is 6.42 Å². The van der Waals surface area contributed by atoms with Gasteiger partial charge in [-0.3, -0.25) is 9.59 Å². The van der Waals surface area contributed by atoms with E-state index in [1.165, 1.54) is 18.2 Å². The van der Waals surface area contributed by atoms with Gasteiger partial charge in [0.1, 0.15) is 5.82 Å². The molecule has 78 valence electrons. The lowest BCUT2D eigenvalue weighted by atomic mass is 9.98. The average Bonchev–Trinajstić information content (AvgIpc) is 2.42. The van der Waals surface area contributed by atoms with Gasteiger partial charge >= 0.3 is 5.97 Å². The standard InChI is InChI=1S/C11H9FO3/c12-7-1-2-8-9(5-7)6(3-10(8)13)4-11(14)15/h1-2,5-6H,3-4H2,(H,14,15)/t6-/m1/s1. The first-order chi connectivity index (χ1) is 7.08. The predicted octanol–water partition coefficient (Wildman–Crippen LogP) is 1.97. The zero-order chi connectivity index (χ0) is 11.0. The van der Waals surface area contributed by atoms with E-state index in [4.69, 9.17) is 5.11 Å². The lowest BCUT2D eigenvalue weighted by Gasteiger charge is -2.06. The third kappa shape index (κ3) is 1.75. The van der Waals surface area contributed by atoms with Gasteiger partial charge in [0, 0.05) is 17.9 Å². The van der Waals surface area contributed by atoms with E-state index in [1.807, 2.05) is 0 Å². The van der Waals surface area contributed by atoms with Crippen LogP contribution in [0.5, 0.6) is 0 Å². The molecule has 0 bridgehead atoms. The highest BCUT2D eigenvalue weighted by Crippen LogP contribution is 2.35. The molecule has 3 nitrogen and oxygen atoms in total. The van der Waals surface area contributed by atoms with Gasteiger partial charge in [0.2, 0.25) is 0 Å². The van der Waals surface area contributed by atoms with E-state index < -0.39 is 11.8 Å². The minimum Gasteiger partial charge on any atom is -0.481 e. The fourth-order valence-corrected chi connectivity index (χ4v) is 1.96. The summed E-state index contributed by atoms with van der Waals surface area (Å²) in [5.41, 5.74) is 0.991. The number of carboxylic acids is 1. The molecule has 1 aliphatic carbocycles. The third-order valence-electron chi connectivity index (χ3n) is 2.61. The fraction of sp³-hybridized carbons (Fsp3) is 0.273. The summed E-state index contributed by atoms with van der Waals surface area (Å²) in [5.74, 6) is -1.87. The van der Waals surface area contributed by atoms with Gasteiger partial charge in [-0.15, -0.1) is 0 Å². The largest absolute Gasteiger partial charge is 0.481 e. The zero-order valence-corrected chi connectivity index (χ0v) is 7.87. The van der Waals surface area contributed by atoms with Crippen LogP contribution < -0.4 is 0 Å². The summed E-state index contributed by atoms with van der Waals surface area (Å²) in [7, 11) is 0. The van der Waals surface area contributed by atoms with E-state index in [0.717, 1.165) is 0 Å². The smallest absolute Gasteiger partial charge is 0.303 e. The van der Waals surface area contributed by atoms with E-state index in [-0.39, 0.29) is 24.5 Å². The van der Waals surface area contributed by atoms with Crippen LogP contribution in [0.25, 0.3) is 0 Å². The molecule has 1 atom stereocenters. The Bertz CT molecular complexity index is 437. The number of carbonyl (C=O) groups excluding carboxylic acids is 1. The van der Waals surface area contributed by atoms with E-state index in [1.54, 1.807) is 0 Å². The molecule has 4 heteroatoms. The Morgan fingerprint density at radius 1 is 1.53 bits per heavy atom. The highest BCUT2D eigenvalue weighted by atomic mass is 19.1. The van der Waals surface area contributed by atoms with E-state index in [2.05, 4.69) is 0 Å². The Morgan fingerprint density at radius 3 is 2.93 bits per heavy atom. The molecular formula is C11H9FO3. The summed E-state index contributed by atoms with van der Waals surface area (Å²) in [6.07, 6.45) is 0.0489. The van der Waals surface area contributed by atoms with Crippen LogP contribution in [-0.4, -0.2) is 16.9 Å². The number of benzene rings is 1. The van der Waals surface area contributed by atoms with Crippen molar-refractivity contribution in [3.63, 3.8) is 0 Å². The normalized spacial score (nSPS) is 19.0. The Morgan fingerprint density at radius 2 is 2.27 bits per heavy atom. The molecule has 0 aromatic heterocycles. The zero-order valence-electron chi connectivity index (χ0n) is 7.87. The van der Waals surface area contributed by atoms with E-state index in [0.29, 0.717) is 11.1 Å². The molecule has 1 aliphatic rings. The molecule has 1 aromatic rings. The molecule has 0 aliphatic heterocycles. The van der Waals surface area contributed by atoms with Crippen LogP contribution >= 0.6 is 0 Å². The van der Waals surface area contributed by atoms with Gasteiger partial charge in [-0.1, -0.05) is 0 Å². The lowest BCUT2D eigenvalue weighted by Crippen LogP contribution is -2.03. The Balaban J connectivity index is 2.39. The Kier molecular flexibility index (Phi) is 2.26. The van der Waals surface area contributed by atoms with Gasteiger partial charge in [-0.2, -0.15) is 0 Å². The highest BCUT2D eigenvalue weighted by Gasteiger charge is 2.30. The number of hydrogen-bond acceptors (Lipinski definition) is 2. The minimum atomic E-state index is -0.968. The van der Waals surface area contributed by atoms with Crippen LogP contribution in [0.2, 0.25) is 0 Å². The maximum atomic E-state index is 12.9. The third-order valence-corrected chi connectivity index (χ3v) is 2.61. The lowest BCUT2D eigenvalue weighted by molar-refractivity contribution is -0.137. The van der Waals surface area contributed by atoms with Crippen LogP contribution in [-0.2, 0) is 4.79 Å². The highest BCUT2D eigenvalue weighted by molar-refractivity contribution is 6.01. The van der Waals surface area contributed by atoms with Crippen molar-refractivity contribution in [3.8, 4) is 0 Å². The van der Waals surface area contributed by atoms with Crippen molar-refractivity contribution in [1.82, 2.24) is 0 Å². The summed E-state index contributed by atoms with van der Waals surface area (Å²) >= 11 is 0. The second-order valence-corrected chi connectivity index (χ2v) is 3.65. The van der Waals surface area contributed by atoms with Crippen molar-refractivity contribution in [3.05, 3.63) is 35.1 Å². The summed E-state index contributed by atoms with van der Waals surface area (Å²) in [6, 6.07) is 3.91. The van der Waals surface area contributed by atoms with Gasteiger partial charge < -0.3 is 5.11 Å². The van der Waals surface area contributed by atoms with E-state index in [9.17, 15) is 14.0 Å². The molecule has 1 N–H and O–H groups in total. The van der Waals surface area contributed by atoms with Crippen LogP contribution in [0.4, 0.5) is 4.39 Å². The predicted molar refractivity (Wildman–Crippen MR) is 50.3 cm³/mol.